The molecule has 0 aromatic carbocycles. The molecule has 1 aromatic rings. The third-order valence-electron chi connectivity index (χ3n) is 1.21. The summed E-state index contributed by atoms with van der Waals surface area (Å²) in [4.78, 5) is 11.1. The first-order valence-electron chi connectivity index (χ1n) is 3.54. The summed E-state index contributed by atoms with van der Waals surface area (Å²) in [5.74, 6) is 0.902. The van der Waals surface area contributed by atoms with Gasteiger partial charge in [-0.25, -0.2) is 4.98 Å². The van der Waals surface area contributed by atoms with E-state index in [1.54, 1.807) is 12.4 Å². The monoisotopic (exact) mass is 152 g/mol. The first-order chi connectivity index (χ1) is 5.33. The Morgan fingerprint density at radius 2 is 2.64 bits per heavy atom. The number of imidazole rings is 1. The van der Waals surface area contributed by atoms with Crippen LogP contribution in [0, 0.1) is 6.92 Å². The molecule has 1 rings (SSSR count). The number of aromatic nitrogens is 2. The average Bonchev–Trinajstić information content (AvgIpc) is 2.37. The van der Waals surface area contributed by atoms with E-state index in [1.165, 1.54) is 0 Å². The quantitative estimate of drug-likeness (QED) is 0.603. The van der Waals surface area contributed by atoms with Crippen molar-refractivity contribution in [1.82, 2.24) is 9.97 Å². The van der Waals surface area contributed by atoms with E-state index in [0.717, 1.165) is 11.5 Å². The van der Waals surface area contributed by atoms with Crippen molar-refractivity contribution in [3.63, 3.8) is 0 Å². The van der Waals surface area contributed by atoms with Crippen LogP contribution in [-0.4, -0.2) is 29.3 Å². The molecule has 0 spiro atoms. The van der Waals surface area contributed by atoms with Crippen molar-refractivity contribution in [2.45, 2.75) is 6.92 Å². The highest BCUT2D eigenvalue weighted by molar-refractivity contribution is 5.76. The van der Waals surface area contributed by atoms with Crippen LogP contribution in [0.3, 0.4) is 0 Å². The Hall–Kier alpha value is -1.16. The summed E-state index contributed by atoms with van der Waals surface area (Å²) in [5.41, 5.74) is 6.19. The van der Waals surface area contributed by atoms with Gasteiger partial charge < -0.3 is 10.7 Å². The molecule has 0 bridgehead atoms. The maximum absolute atomic E-state index is 5.26. The van der Waals surface area contributed by atoms with Gasteiger partial charge in [0, 0.05) is 12.8 Å². The molecular weight excluding hydrogens is 140 g/mol. The van der Waals surface area contributed by atoms with Gasteiger partial charge in [0.05, 0.1) is 18.4 Å². The second-order valence-corrected chi connectivity index (χ2v) is 2.25. The van der Waals surface area contributed by atoms with Gasteiger partial charge in [0.1, 0.15) is 5.82 Å². The number of hydrogen-bond acceptors (Lipinski definition) is 3. The number of aromatic amines is 1. The number of hydrogen-bond donors (Lipinski definition) is 2. The van der Waals surface area contributed by atoms with E-state index in [2.05, 4.69) is 15.0 Å². The van der Waals surface area contributed by atoms with Gasteiger partial charge >= 0.3 is 0 Å². The Kier molecular flexibility index (Phi) is 2.80. The van der Waals surface area contributed by atoms with Crippen LogP contribution >= 0.6 is 0 Å². The molecule has 0 aliphatic rings. The first kappa shape index (κ1) is 7.94. The minimum absolute atomic E-state index is 0.587. The largest absolute Gasteiger partial charge is 0.341 e. The maximum Gasteiger partial charge on any atom is 0.103 e. The van der Waals surface area contributed by atoms with Crippen LogP contribution in [0.5, 0.6) is 0 Å². The molecule has 0 atom stereocenters. The summed E-state index contributed by atoms with van der Waals surface area (Å²) in [6, 6.07) is 0. The molecule has 4 heteroatoms. The zero-order valence-electron chi connectivity index (χ0n) is 6.54. The molecule has 0 aliphatic heterocycles. The molecular formula is C7H12N4. The van der Waals surface area contributed by atoms with Crippen molar-refractivity contribution in [3.05, 3.63) is 17.7 Å². The van der Waals surface area contributed by atoms with Gasteiger partial charge in [-0.2, -0.15) is 0 Å². The van der Waals surface area contributed by atoms with E-state index in [0.29, 0.717) is 13.1 Å². The SMILES string of the molecule is Cc1ncc(C=NCCN)[nH]1. The van der Waals surface area contributed by atoms with Crippen LogP contribution < -0.4 is 5.73 Å². The van der Waals surface area contributed by atoms with Gasteiger partial charge in [0.2, 0.25) is 0 Å². The molecule has 4 nitrogen and oxygen atoms in total. The molecule has 0 unspecified atom stereocenters. The van der Waals surface area contributed by atoms with E-state index in [-0.39, 0.29) is 0 Å². The Balaban J connectivity index is 2.50. The van der Waals surface area contributed by atoms with Gasteiger partial charge in [-0.3, -0.25) is 4.99 Å². The second kappa shape index (κ2) is 3.88. The fourth-order valence-electron chi connectivity index (χ4n) is 0.743. The third kappa shape index (κ3) is 2.51. The average molecular weight is 152 g/mol. The summed E-state index contributed by atoms with van der Waals surface area (Å²) < 4.78 is 0. The highest BCUT2D eigenvalue weighted by atomic mass is 14.9. The van der Waals surface area contributed by atoms with Crippen LogP contribution in [-0.2, 0) is 0 Å². The van der Waals surface area contributed by atoms with Crippen LogP contribution in [0.15, 0.2) is 11.2 Å². The lowest BCUT2D eigenvalue weighted by molar-refractivity contribution is 0.979. The minimum Gasteiger partial charge on any atom is -0.341 e. The number of nitrogens with two attached hydrogens (primary N) is 1. The lowest BCUT2D eigenvalue weighted by Crippen LogP contribution is -2.02. The maximum atomic E-state index is 5.26. The molecule has 0 saturated heterocycles. The number of nitrogens with one attached hydrogen (secondary N) is 1. The highest BCUT2D eigenvalue weighted by Crippen LogP contribution is 1.90. The van der Waals surface area contributed by atoms with Crippen molar-refractivity contribution < 1.29 is 0 Å². The lowest BCUT2D eigenvalue weighted by atomic mass is 10.5. The van der Waals surface area contributed by atoms with Crippen molar-refractivity contribution >= 4 is 6.21 Å². The number of rotatable bonds is 3. The van der Waals surface area contributed by atoms with Crippen LogP contribution in [0.25, 0.3) is 0 Å². The molecule has 0 fully saturated rings. The molecule has 3 N–H and O–H groups in total. The standard InChI is InChI=1S/C7H12N4/c1-6-10-5-7(11-6)4-9-3-2-8/h4-5H,2-3,8H2,1H3,(H,10,11). The molecule has 0 amide bonds. The van der Waals surface area contributed by atoms with Gasteiger partial charge in [-0.15, -0.1) is 0 Å². The van der Waals surface area contributed by atoms with Gasteiger partial charge in [0.25, 0.3) is 0 Å². The zero-order valence-corrected chi connectivity index (χ0v) is 6.54. The van der Waals surface area contributed by atoms with E-state index >= 15 is 0 Å². The van der Waals surface area contributed by atoms with Crippen molar-refractivity contribution in [2.75, 3.05) is 13.1 Å². The van der Waals surface area contributed by atoms with Crippen LogP contribution in [0.1, 0.15) is 11.5 Å². The summed E-state index contributed by atoms with van der Waals surface area (Å²) in [6.45, 7) is 3.15. The summed E-state index contributed by atoms with van der Waals surface area (Å²) in [6.07, 6.45) is 3.49. The van der Waals surface area contributed by atoms with Gasteiger partial charge in [0.15, 0.2) is 0 Å². The molecule has 1 aromatic heterocycles. The first-order valence-corrected chi connectivity index (χ1v) is 3.54. The van der Waals surface area contributed by atoms with Gasteiger partial charge in [-0.05, 0) is 6.92 Å². The Morgan fingerprint density at radius 3 is 3.18 bits per heavy atom. The predicted octanol–water partition coefficient (Wildman–Crippen LogP) is 0.0957. The second-order valence-electron chi connectivity index (χ2n) is 2.25. The Bertz CT molecular complexity index is 238. The lowest BCUT2D eigenvalue weighted by Gasteiger charge is -1.85. The van der Waals surface area contributed by atoms with E-state index in [1.807, 2.05) is 6.92 Å². The topological polar surface area (TPSA) is 67.1 Å². The molecule has 1 heterocycles. The van der Waals surface area contributed by atoms with Crippen molar-refractivity contribution in [1.29, 1.82) is 0 Å². The molecule has 0 aliphatic carbocycles. The number of nitrogens with zero attached hydrogens (tertiary/aromatic N) is 2. The van der Waals surface area contributed by atoms with E-state index < -0.39 is 0 Å². The summed E-state index contributed by atoms with van der Waals surface area (Å²) in [7, 11) is 0. The smallest absolute Gasteiger partial charge is 0.103 e. The van der Waals surface area contributed by atoms with Crippen molar-refractivity contribution in [3.8, 4) is 0 Å². The van der Waals surface area contributed by atoms with Crippen LogP contribution in [0.4, 0.5) is 0 Å². The molecule has 60 valence electrons. The van der Waals surface area contributed by atoms with E-state index in [9.17, 15) is 0 Å². The number of aliphatic imine (C=N–C) groups is 1. The Morgan fingerprint density at radius 1 is 1.82 bits per heavy atom. The van der Waals surface area contributed by atoms with Gasteiger partial charge in [-0.1, -0.05) is 0 Å². The Labute approximate surface area is 65.6 Å². The van der Waals surface area contributed by atoms with Crippen LogP contribution in [0.2, 0.25) is 0 Å². The molecule has 11 heavy (non-hydrogen) atoms. The third-order valence-corrected chi connectivity index (χ3v) is 1.21. The van der Waals surface area contributed by atoms with E-state index in [4.69, 9.17) is 5.73 Å². The molecule has 0 radical (unpaired) electrons. The zero-order chi connectivity index (χ0) is 8.10. The highest BCUT2D eigenvalue weighted by Gasteiger charge is 1.89. The minimum atomic E-state index is 0.587. The number of aryl methyl sites for hydroxylation is 1. The predicted molar refractivity (Wildman–Crippen MR) is 44.8 cm³/mol. The fourth-order valence-corrected chi connectivity index (χ4v) is 0.743. The normalized spacial score (nSPS) is 11.1. The van der Waals surface area contributed by atoms with Crippen molar-refractivity contribution in [2.24, 2.45) is 10.7 Å². The summed E-state index contributed by atoms with van der Waals surface area (Å²) >= 11 is 0. The fraction of sp³-hybridized carbons (Fsp3) is 0.429. The molecule has 0 saturated carbocycles. The summed E-state index contributed by atoms with van der Waals surface area (Å²) in [5, 5.41) is 0. The number of H-pyrrole nitrogens is 1.